The van der Waals surface area contributed by atoms with E-state index < -0.39 is 10.2 Å². The van der Waals surface area contributed by atoms with E-state index in [4.69, 9.17) is 23.1 Å². The van der Waals surface area contributed by atoms with Crippen molar-refractivity contribution >= 4 is 33.7 Å². The van der Waals surface area contributed by atoms with E-state index in [0.29, 0.717) is 0 Å². The Morgan fingerprint density at radius 2 is 1.82 bits per heavy atom. The second-order valence-electron chi connectivity index (χ2n) is 4.21. The van der Waals surface area contributed by atoms with Crippen LogP contribution in [0.5, 0.6) is 0 Å². The molecule has 0 spiro atoms. The van der Waals surface area contributed by atoms with Crippen LogP contribution in [0.15, 0.2) is 47.1 Å². The van der Waals surface area contributed by atoms with Crippen LogP contribution >= 0.6 is 11.3 Å². The zero-order chi connectivity index (χ0) is 16.2. The zero-order valence-electron chi connectivity index (χ0n) is 11.5. The Labute approximate surface area is 132 Å². The third kappa shape index (κ3) is 4.92. The van der Waals surface area contributed by atoms with E-state index in [-0.39, 0.29) is 0 Å². The number of hydrogen-bond donors (Lipinski definition) is 1. The molecule has 116 valence electrons. The fraction of sp³-hybridized carbons (Fsp3) is 0.0714. The molecular formula is C14H13ClNO5S+. The highest BCUT2D eigenvalue weighted by Gasteiger charge is 2.13. The minimum atomic E-state index is -4.69. The molecular weight excluding hydrogens is 330 g/mol. The summed E-state index contributed by atoms with van der Waals surface area (Å²) in [5, 5.41) is 1.21. The first-order valence-electron chi connectivity index (χ1n) is 6.07. The van der Waals surface area contributed by atoms with Crippen molar-refractivity contribution in [3.63, 3.8) is 0 Å². The second kappa shape index (κ2) is 7.01. The molecule has 0 fully saturated rings. The summed E-state index contributed by atoms with van der Waals surface area (Å²) in [6, 6.07) is 12.3. The predicted octanol–water partition coefficient (Wildman–Crippen LogP) is -0.635. The maximum Gasteiger partial charge on any atom is 0.262 e. The number of benzene rings is 1. The highest BCUT2D eigenvalue weighted by molar-refractivity contribution is 7.18. The molecule has 0 saturated carbocycles. The van der Waals surface area contributed by atoms with Crippen molar-refractivity contribution < 1.29 is 37.9 Å². The van der Waals surface area contributed by atoms with E-state index in [1.54, 1.807) is 17.6 Å². The summed E-state index contributed by atoms with van der Waals surface area (Å²) in [7, 11) is -2.61. The molecule has 8 heteroatoms. The monoisotopic (exact) mass is 342 g/mol. The molecule has 1 N–H and O–H groups in total. The number of halogens is 1. The van der Waals surface area contributed by atoms with Gasteiger partial charge in [0.15, 0.2) is 0 Å². The highest BCUT2D eigenvalue weighted by Crippen LogP contribution is 2.21. The highest BCUT2D eigenvalue weighted by atomic mass is 35.7. The van der Waals surface area contributed by atoms with E-state index >= 15 is 0 Å². The zero-order valence-corrected chi connectivity index (χ0v) is 13.1. The van der Waals surface area contributed by atoms with Crippen LogP contribution in [-0.4, -0.2) is 4.66 Å². The summed E-state index contributed by atoms with van der Waals surface area (Å²) in [4.78, 5) is 0. The quantitative estimate of drug-likeness (QED) is 0.624. The van der Waals surface area contributed by atoms with E-state index in [1.807, 2.05) is 18.2 Å². The van der Waals surface area contributed by atoms with Gasteiger partial charge < -0.3 is 4.42 Å². The van der Waals surface area contributed by atoms with Gasteiger partial charge in [-0.3, -0.25) is 0 Å². The van der Waals surface area contributed by atoms with Gasteiger partial charge in [0.2, 0.25) is 5.52 Å². The lowest BCUT2D eigenvalue weighted by Gasteiger charge is -2.03. The number of aromatic nitrogens is 1. The first-order valence-corrected chi connectivity index (χ1v) is 8.15. The molecule has 0 amide bonds. The van der Waals surface area contributed by atoms with Crippen LogP contribution in [0.3, 0.4) is 0 Å². The van der Waals surface area contributed by atoms with Crippen LogP contribution in [0.2, 0.25) is 0 Å². The van der Waals surface area contributed by atoms with Crippen LogP contribution in [0, 0.1) is 10.2 Å². The Bertz CT molecular complexity index is 755. The minimum Gasteiger partial charge on any atom is -0.465 e. The van der Waals surface area contributed by atoms with E-state index in [2.05, 4.69) is 42.0 Å². The number of rotatable bonds is 2. The maximum atomic E-state index is 8.60. The molecule has 0 unspecified atom stereocenters. The molecule has 0 saturated heterocycles. The third-order valence-corrected chi connectivity index (χ3v) is 3.89. The fourth-order valence-corrected chi connectivity index (χ4v) is 2.86. The lowest BCUT2D eigenvalue weighted by atomic mass is 10.3. The van der Waals surface area contributed by atoms with Gasteiger partial charge in [-0.25, -0.2) is 0 Å². The van der Waals surface area contributed by atoms with Crippen LogP contribution < -0.4 is 18.5 Å². The molecule has 2 aromatic heterocycles. The van der Waals surface area contributed by atoms with Crippen LogP contribution in [0.25, 0.3) is 22.4 Å². The normalized spacial score (nSPS) is 11.7. The molecule has 0 aliphatic heterocycles. The van der Waals surface area contributed by atoms with Crippen molar-refractivity contribution in [3.8, 4) is 0 Å². The average molecular weight is 343 g/mol. The van der Waals surface area contributed by atoms with Crippen LogP contribution in [-0.2, 0) is 7.05 Å². The van der Waals surface area contributed by atoms with Crippen molar-refractivity contribution in [2.75, 3.05) is 0 Å². The predicted molar refractivity (Wildman–Crippen MR) is 72.9 cm³/mol. The van der Waals surface area contributed by atoms with Gasteiger partial charge in [-0.05, 0) is 24.3 Å². The number of hydrogen-bond acceptors (Lipinski definition) is 6. The standard InChI is InChI=1S/C14H12NOS.ClHO4/c1-15-12-6-2-3-7-13(12)17-14(15)9-8-11-5-4-10-16-11;2-1(3,4)5/h2-10H,1H3;(H,2,3,4,5)/q+1;/b9-8+;. The van der Waals surface area contributed by atoms with Gasteiger partial charge in [-0.2, -0.15) is 18.5 Å². The average Bonchev–Trinajstić information content (AvgIpc) is 3.04. The van der Waals surface area contributed by atoms with Gasteiger partial charge in [0.05, 0.1) is 21.2 Å². The number of aryl methyl sites for hydroxylation is 1. The lowest BCUT2D eigenvalue weighted by molar-refractivity contribution is -1.92. The van der Waals surface area contributed by atoms with Gasteiger partial charge in [-0.1, -0.05) is 23.5 Å². The van der Waals surface area contributed by atoms with Crippen molar-refractivity contribution in [2.45, 2.75) is 0 Å². The molecule has 3 aromatic rings. The second-order valence-corrected chi connectivity index (χ2v) is 6.07. The number of furan rings is 1. The number of para-hydroxylation sites is 1. The number of fused-ring (bicyclic) bond motifs is 1. The lowest BCUT2D eigenvalue weighted by Crippen LogP contribution is -2.58. The Balaban J connectivity index is 0.000000309. The molecule has 0 atom stereocenters. The molecule has 3 rings (SSSR count). The van der Waals surface area contributed by atoms with Crippen LogP contribution in [0.1, 0.15) is 10.8 Å². The molecule has 0 aliphatic carbocycles. The fourth-order valence-electron chi connectivity index (χ4n) is 1.81. The van der Waals surface area contributed by atoms with Gasteiger partial charge in [0.25, 0.3) is 5.01 Å². The van der Waals surface area contributed by atoms with E-state index in [1.165, 1.54) is 15.2 Å². The Morgan fingerprint density at radius 3 is 2.41 bits per heavy atom. The number of thiazole rings is 1. The molecule has 22 heavy (non-hydrogen) atoms. The Hall–Kier alpha value is -1.74. The summed E-state index contributed by atoms with van der Waals surface area (Å²) in [6.45, 7) is 0. The summed E-state index contributed by atoms with van der Waals surface area (Å²) in [5.41, 5.74) is 1.26. The van der Waals surface area contributed by atoms with Crippen LogP contribution in [0.4, 0.5) is 0 Å². The molecule has 0 aliphatic rings. The number of nitrogens with zero attached hydrogens (tertiary/aromatic N) is 1. The van der Waals surface area contributed by atoms with Crippen molar-refractivity contribution in [2.24, 2.45) is 7.05 Å². The third-order valence-electron chi connectivity index (χ3n) is 2.71. The summed E-state index contributed by atoms with van der Waals surface area (Å²) < 4.78 is 41.5. The summed E-state index contributed by atoms with van der Waals surface area (Å²) >= 11 is 1.78. The molecule has 6 nitrogen and oxygen atoms in total. The Morgan fingerprint density at radius 1 is 1.14 bits per heavy atom. The van der Waals surface area contributed by atoms with Crippen molar-refractivity contribution in [1.29, 1.82) is 0 Å². The van der Waals surface area contributed by atoms with Crippen molar-refractivity contribution in [1.82, 2.24) is 0 Å². The van der Waals surface area contributed by atoms with Gasteiger partial charge in [0, 0.05) is 12.1 Å². The van der Waals surface area contributed by atoms with Gasteiger partial charge in [0.1, 0.15) is 17.5 Å². The van der Waals surface area contributed by atoms with Gasteiger partial charge in [-0.15, -0.1) is 0 Å². The molecule has 1 aromatic carbocycles. The smallest absolute Gasteiger partial charge is 0.262 e. The minimum absolute atomic E-state index is 0.877. The molecule has 2 heterocycles. The molecule has 0 radical (unpaired) electrons. The van der Waals surface area contributed by atoms with E-state index in [0.717, 1.165) is 5.76 Å². The summed E-state index contributed by atoms with van der Waals surface area (Å²) in [6.07, 6.45) is 5.76. The van der Waals surface area contributed by atoms with Crippen molar-refractivity contribution in [3.05, 3.63) is 53.4 Å². The van der Waals surface area contributed by atoms with Gasteiger partial charge >= 0.3 is 0 Å². The molecule has 0 bridgehead atoms. The largest absolute Gasteiger partial charge is 0.465 e. The first-order chi connectivity index (χ1) is 10.3. The topological polar surface area (TPSA) is 106 Å². The van der Waals surface area contributed by atoms with E-state index in [9.17, 15) is 0 Å². The SMILES string of the molecule is C[n+]1c(/C=C/c2ccco2)sc2ccccc21.[O-][Cl+3]([O-])([O-])O. The summed E-state index contributed by atoms with van der Waals surface area (Å²) in [5.74, 6) is 0.877. The Kier molecular flexibility index (Phi) is 5.30. The first kappa shape index (κ1) is 16.6. The maximum absolute atomic E-state index is 8.60.